The molecule has 5 atom stereocenters. The quantitative estimate of drug-likeness (QED) is 0.273. The van der Waals surface area contributed by atoms with Crippen molar-refractivity contribution >= 4 is 29.1 Å². The van der Waals surface area contributed by atoms with Crippen LogP contribution in [0.15, 0.2) is 36.4 Å². The van der Waals surface area contributed by atoms with Gasteiger partial charge in [-0.2, -0.15) is 5.26 Å². The lowest BCUT2D eigenvalue weighted by Gasteiger charge is -2.42. The highest BCUT2D eigenvalue weighted by Gasteiger charge is 2.61. The van der Waals surface area contributed by atoms with Crippen LogP contribution in [0.1, 0.15) is 62.0 Å². The van der Waals surface area contributed by atoms with Crippen LogP contribution in [0.25, 0.3) is 0 Å². The minimum atomic E-state index is -1.80. The molecule has 1 aliphatic heterocycles. The van der Waals surface area contributed by atoms with Crippen LogP contribution in [0.3, 0.4) is 0 Å². The largest absolute Gasteiger partial charge is 0.396 e. The Labute approximate surface area is 248 Å². The van der Waals surface area contributed by atoms with Gasteiger partial charge >= 0.3 is 0 Å². The number of rotatable bonds is 10. The zero-order valence-corrected chi connectivity index (χ0v) is 24.1. The molecule has 2 fully saturated rings. The molecular formula is C30H35Cl2F2N3O4. The summed E-state index contributed by atoms with van der Waals surface area (Å²) in [5, 5.41) is 46.3. The molecule has 0 radical (unpaired) electrons. The predicted octanol–water partition coefficient (Wildman–Crippen LogP) is 4.35. The van der Waals surface area contributed by atoms with Crippen LogP contribution in [-0.2, 0) is 10.2 Å². The average Bonchev–Trinajstić information content (AvgIpc) is 3.28. The molecule has 11 heteroatoms. The maximum atomic E-state index is 15.8. The highest BCUT2D eigenvalue weighted by Crippen LogP contribution is 2.54. The lowest BCUT2D eigenvalue weighted by molar-refractivity contribution is -0.123. The second-order valence-corrected chi connectivity index (χ2v) is 12.1. The van der Waals surface area contributed by atoms with Gasteiger partial charge < -0.3 is 26.0 Å². The Morgan fingerprint density at radius 3 is 2.54 bits per heavy atom. The molecule has 7 nitrogen and oxygen atoms in total. The molecule has 5 N–H and O–H groups in total. The molecule has 1 heterocycles. The molecule has 2 aliphatic rings. The highest BCUT2D eigenvalue weighted by atomic mass is 35.5. The van der Waals surface area contributed by atoms with Crippen molar-refractivity contribution in [2.45, 2.75) is 74.5 Å². The topological polar surface area (TPSA) is 126 Å². The van der Waals surface area contributed by atoms with Crippen molar-refractivity contribution in [3.63, 3.8) is 0 Å². The van der Waals surface area contributed by atoms with Gasteiger partial charge in [0.2, 0.25) is 5.91 Å². The third kappa shape index (κ3) is 6.24. The van der Waals surface area contributed by atoms with E-state index in [4.69, 9.17) is 28.3 Å². The van der Waals surface area contributed by atoms with E-state index in [2.05, 4.69) is 16.7 Å². The van der Waals surface area contributed by atoms with E-state index >= 15 is 8.78 Å². The van der Waals surface area contributed by atoms with Crippen molar-refractivity contribution in [3.05, 3.63) is 69.2 Å². The molecule has 4 rings (SSSR count). The van der Waals surface area contributed by atoms with E-state index in [1.54, 1.807) is 0 Å². The molecule has 1 saturated heterocycles. The number of hydrogen-bond donors (Lipinski definition) is 5. The van der Waals surface area contributed by atoms with Crippen molar-refractivity contribution in [2.24, 2.45) is 5.41 Å². The molecule has 1 saturated carbocycles. The Hall–Kier alpha value is -2.32. The minimum Gasteiger partial charge on any atom is -0.396 e. The first-order valence-electron chi connectivity index (χ1n) is 13.9. The molecule has 0 aromatic heterocycles. The molecule has 1 amide bonds. The number of nitrogens with zero attached hydrogens (tertiary/aromatic N) is 1. The molecule has 0 bridgehead atoms. The Bertz CT molecular complexity index is 1290. The number of nitriles is 1. The molecule has 2 aromatic carbocycles. The van der Waals surface area contributed by atoms with Gasteiger partial charge in [0, 0.05) is 35.7 Å². The van der Waals surface area contributed by atoms with Gasteiger partial charge in [-0.1, -0.05) is 60.7 Å². The van der Waals surface area contributed by atoms with Gasteiger partial charge in [-0.25, -0.2) is 8.78 Å². The predicted molar refractivity (Wildman–Crippen MR) is 152 cm³/mol. The maximum absolute atomic E-state index is 15.8. The second-order valence-electron chi connectivity index (χ2n) is 11.3. The third-order valence-electron chi connectivity index (χ3n) is 8.79. The molecule has 222 valence electrons. The van der Waals surface area contributed by atoms with Gasteiger partial charge in [-0.3, -0.25) is 4.79 Å². The molecule has 0 spiro atoms. The lowest BCUT2D eigenvalue weighted by atomic mass is 9.60. The SMILES string of the molecule is N#C[C@]1(c2ccc(Cl)cc2F)[C@H](CC2(CO)CCCCC2)N[C@@H](C(=O)NCC[C@H](O)CO)[C@@H]1c1cccc(Cl)c1F. The summed E-state index contributed by atoms with van der Waals surface area (Å²) < 4.78 is 31.6. The number of benzene rings is 2. The van der Waals surface area contributed by atoms with Crippen molar-refractivity contribution in [3.8, 4) is 6.07 Å². The van der Waals surface area contributed by atoms with Gasteiger partial charge in [0.05, 0.1) is 29.8 Å². The fourth-order valence-corrected chi connectivity index (χ4v) is 7.01. The first-order valence-corrected chi connectivity index (χ1v) is 14.6. The standard InChI is InChI=1S/C30H35Cl2F2N3O4/c31-18-7-8-21(23(33)13-18)30(16-35)24(14-29(17-39)10-2-1-3-11-29)37-27(28(41)36-12-9-19(40)15-38)25(30)20-5-4-6-22(32)26(20)34/h4-8,13,19,24-25,27,37-40H,1-3,9-12,14-15,17H2,(H,36,41)/t19-,24-,25-,27+,30-/m0/s1. The molecular weight excluding hydrogens is 575 g/mol. The smallest absolute Gasteiger partial charge is 0.237 e. The van der Waals surface area contributed by atoms with Gasteiger partial charge in [0.25, 0.3) is 0 Å². The molecule has 0 unspecified atom stereocenters. The van der Waals surface area contributed by atoms with Crippen LogP contribution in [0.2, 0.25) is 10.0 Å². The summed E-state index contributed by atoms with van der Waals surface area (Å²) in [6, 6.07) is 8.48. The number of carbonyl (C=O) groups is 1. The van der Waals surface area contributed by atoms with Crippen LogP contribution in [0.5, 0.6) is 0 Å². The van der Waals surface area contributed by atoms with E-state index in [-0.39, 0.29) is 47.2 Å². The minimum absolute atomic E-state index is 0.00356. The highest BCUT2D eigenvalue weighted by molar-refractivity contribution is 6.31. The summed E-state index contributed by atoms with van der Waals surface area (Å²) in [4.78, 5) is 13.7. The van der Waals surface area contributed by atoms with E-state index in [0.29, 0.717) is 12.8 Å². The van der Waals surface area contributed by atoms with Crippen LogP contribution >= 0.6 is 23.2 Å². The average molecular weight is 611 g/mol. The number of aliphatic hydroxyl groups excluding tert-OH is 3. The monoisotopic (exact) mass is 609 g/mol. The zero-order chi connectivity index (χ0) is 29.8. The third-order valence-corrected chi connectivity index (χ3v) is 9.32. The van der Waals surface area contributed by atoms with Gasteiger partial charge in [0.15, 0.2) is 0 Å². The molecule has 41 heavy (non-hydrogen) atoms. The Kier molecular flexibility index (Phi) is 10.3. The fourth-order valence-electron chi connectivity index (χ4n) is 6.67. The Morgan fingerprint density at radius 2 is 1.90 bits per heavy atom. The summed E-state index contributed by atoms with van der Waals surface area (Å²) in [5.74, 6) is -3.41. The van der Waals surface area contributed by atoms with Crippen LogP contribution in [-0.4, -0.2) is 59.2 Å². The van der Waals surface area contributed by atoms with Crippen LogP contribution in [0, 0.1) is 28.4 Å². The number of hydrogen-bond acceptors (Lipinski definition) is 6. The molecule has 2 aromatic rings. The summed E-state index contributed by atoms with van der Waals surface area (Å²) in [6.07, 6.45) is 3.42. The Balaban J connectivity index is 1.90. The van der Waals surface area contributed by atoms with E-state index < -0.39 is 59.1 Å². The molecule has 1 aliphatic carbocycles. The van der Waals surface area contributed by atoms with E-state index in [9.17, 15) is 20.3 Å². The van der Waals surface area contributed by atoms with Crippen molar-refractivity contribution in [1.29, 1.82) is 5.26 Å². The van der Waals surface area contributed by atoms with Crippen LogP contribution in [0.4, 0.5) is 8.78 Å². The van der Waals surface area contributed by atoms with Crippen molar-refractivity contribution in [1.82, 2.24) is 10.6 Å². The lowest BCUT2D eigenvalue weighted by Crippen LogP contribution is -2.48. The van der Waals surface area contributed by atoms with Gasteiger partial charge in [-0.05, 0) is 54.9 Å². The van der Waals surface area contributed by atoms with Crippen molar-refractivity contribution < 1.29 is 28.9 Å². The van der Waals surface area contributed by atoms with E-state index in [1.807, 2.05) is 0 Å². The summed E-state index contributed by atoms with van der Waals surface area (Å²) in [5.41, 5.74) is -2.44. The number of carbonyl (C=O) groups excluding carboxylic acids is 1. The fraction of sp³-hybridized carbons (Fsp3) is 0.533. The summed E-state index contributed by atoms with van der Waals surface area (Å²) in [7, 11) is 0. The zero-order valence-electron chi connectivity index (χ0n) is 22.6. The summed E-state index contributed by atoms with van der Waals surface area (Å²) in [6.45, 7) is -0.627. The van der Waals surface area contributed by atoms with E-state index in [1.165, 1.54) is 30.3 Å². The van der Waals surface area contributed by atoms with E-state index in [0.717, 1.165) is 25.3 Å². The maximum Gasteiger partial charge on any atom is 0.237 e. The number of halogens is 4. The number of amides is 1. The van der Waals surface area contributed by atoms with Crippen molar-refractivity contribution in [2.75, 3.05) is 19.8 Å². The van der Waals surface area contributed by atoms with Gasteiger partial charge in [-0.15, -0.1) is 0 Å². The number of nitrogens with one attached hydrogen (secondary N) is 2. The first kappa shape index (κ1) is 31.6. The van der Waals surface area contributed by atoms with Crippen LogP contribution < -0.4 is 10.6 Å². The number of aliphatic hydroxyl groups is 3. The normalized spacial score (nSPS) is 26.3. The summed E-state index contributed by atoms with van der Waals surface area (Å²) >= 11 is 12.2. The second kappa shape index (κ2) is 13.3. The first-order chi connectivity index (χ1) is 19.6. The van der Waals surface area contributed by atoms with Gasteiger partial charge in [0.1, 0.15) is 17.0 Å². The Morgan fingerprint density at radius 1 is 1.17 bits per heavy atom.